The van der Waals surface area contributed by atoms with Crippen molar-refractivity contribution < 1.29 is 0 Å². The zero-order valence-corrected chi connectivity index (χ0v) is 11.8. The SMILES string of the molecule is Cc1ccccc1C1CCNc2c3c(nn21)NCCC3. The van der Waals surface area contributed by atoms with Gasteiger partial charge in [0.2, 0.25) is 0 Å². The topological polar surface area (TPSA) is 41.9 Å². The Kier molecular flexibility index (Phi) is 2.69. The number of aromatic nitrogens is 2. The molecule has 4 heteroatoms. The second kappa shape index (κ2) is 4.54. The lowest BCUT2D eigenvalue weighted by molar-refractivity contribution is 0.481. The van der Waals surface area contributed by atoms with E-state index in [2.05, 4.69) is 46.5 Å². The van der Waals surface area contributed by atoms with E-state index in [0.717, 1.165) is 31.7 Å². The van der Waals surface area contributed by atoms with E-state index >= 15 is 0 Å². The van der Waals surface area contributed by atoms with Crippen LogP contribution >= 0.6 is 0 Å². The van der Waals surface area contributed by atoms with Crippen LogP contribution in [0.5, 0.6) is 0 Å². The highest BCUT2D eigenvalue weighted by molar-refractivity contribution is 5.62. The van der Waals surface area contributed by atoms with Gasteiger partial charge in [0.1, 0.15) is 5.82 Å². The summed E-state index contributed by atoms with van der Waals surface area (Å²) < 4.78 is 2.20. The molecule has 0 saturated heterocycles. The van der Waals surface area contributed by atoms with Crippen LogP contribution < -0.4 is 10.6 Å². The largest absolute Gasteiger partial charge is 0.370 e. The van der Waals surface area contributed by atoms with Gasteiger partial charge in [0.15, 0.2) is 5.82 Å². The maximum absolute atomic E-state index is 4.83. The Balaban J connectivity index is 1.83. The van der Waals surface area contributed by atoms with Crippen LogP contribution in [0.3, 0.4) is 0 Å². The Morgan fingerprint density at radius 3 is 3.00 bits per heavy atom. The summed E-state index contributed by atoms with van der Waals surface area (Å²) in [6.45, 7) is 4.26. The van der Waals surface area contributed by atoms with Gasteiger partial charge in [-0.15, -0.1) is 0 Å². The summed E-state index contributed by atoms with van der Waals surface area (Å²) in [4.78, 5) is 0. The van der Waals surface area contributed by atoms with Crippen LogP contribution in [-0.4, -0.2) is 22.9 Å². The summed E-state index contributed by atoms with van der Waals surface area (Å²) in [6.07, 6.45) is 3.42. The fraction of sp³-hybridized carbons (Fsp3) is 0.438. The Morgan fingerprint density at radius 1 is 1.20 bits per heavy atom. The monoisotopic (exact) mass is 268 g/mol. The molecule has 2 N–H and O–H groups in total. The molecular weight excluding hydrogens is 248 g/mol. The highest BCUT2D eigenvalue weighted by atomic mass is 15.4. The number of nitrogens with zero attached hydrogens (tertiary/aromatic N) is 2. The molecule has 2 aromatic rings. The molecule has 1 aromatic carbocycles. The highest BCUT2D eigenvalue weighted by Gasteiger charge is 2.29. The predicted octanol–water partition coefficient (Wildman–Crippen LogP) is 2.95. The standard InChI is InChI=1S/C16H20N4/c1-11-5-2-3-6-12(11)14-8-10-18-16-13-7-4-9-17-15(13)19-20(14)16/h2-3,5-6,14,18H,4,7-10H2,1H3,(H,17,19). The molecule has 0 amide bonds. The van der Waals surface area contributed by atoms with Crippen molar-refractivity contribution in [3.05, 3.63) is 41.0 Å². The van der Waals surface area contributed by atoms with Crippen LogP contribution in [0.4, 0.5) is 11.6 Å². The Labute approximate surface area is 119 Å². The maximum Gasteiger partial charge on any atom is 0.153 e. The van der Waals surface area contributed by atoms with E-state index in [4.69, 9.17) is 5.10 Å². The number of rotatable bonds is 1. The third-order valence-electron chi connectivity index (χ3n) is 4.46. The molecule has 4 rings (SSSR count). The summed E-state index contributed by atoms with van der Waals surface area (Å²) >= 11 is 0. The molecule has 0 spiro atoms. The minimum atomic E-state index is 0.361. The molecule has 3 heterocycles. The summed E-state index contributed by atoms with van der Waals surface area (Å²) in [7, 11) is 0. The number of anilines is 2. The van der Waals surface area contributed by atoms with E-state index in [1.807, 2.05) is 0 Å². The minimum Gasteiger partial charge on any atom is -0.370 e. The zero-order chi connectivity index (χ0) is 13.5. The second-order valence-electron chi connectivity index (χ2n) is 5.74. The number of hydrogen-bond acceptors (Lipinski definition) is 3. The molecule has 104 valence electrons. The molecule has 0 saturated carbocycles. The molecule has 1 unspecified atom stereocenters. The molecule has 4 nitrogen and oxygen atoms in total. The van der Waals surface area contributed by atoms with Crippen molar-refractivity contribution >= 4 is 11.6 Å². The third kappa shape index (κ3) is 1.71. The van der Waals surface area contributed by atoms with Crippen molar-refractivity contribution in [3.63, 3.8) is 0 Å². The summed E-state index contributed by atoms with van der Waals surface area (Å²) in [5.74, 6) is 2.31. The van der Waals surface area contributed by atoms with Gasteiger partial charge in [-0.05, 0) is 37.3 Å². The summed E-state index contributed by atoms with van der Waals surface area (Å²) in [5, 5.41) is 11.8. The van der Waals surface area contributed by atoms with Gasteiger partial charge in [-0.25, -0.2) is 4.68 Å². The van der Waals surface area contributed by atoms with E-state index in [0.29, 0.717) is 6.04 Å². The van der Waals surface area contributed by atoms with Crippen molar-refractivity contribution in [2.24, 2.45) is 0 Å². The Hall–Kier alpha value is -1.97. The predicted molar refractivity (Wildman–Crippen MR) is 81.5 cm³/mol. The van der Waals surface area contributed by atoms with Crippen molar-refractivity contribution in [3.8, 4) is 0 Å². The fourth-order valence-electron chi connectivity index (χ4n) is 3.43. The van der Waals surface area contributed by atoms with Crippen LogP contribution in [-0.2, 0) is 6.42 Å². The fourth-order valence-corrected chi connectivity index (χ4v) is 3.43. The van der Waals surface area contributed by atoms with Gasteiger partial charge in [-0.3, -0.25) is 0 Å². The third-order valence-corrected chi connectivity index (χ3v) is 4.46. The summed E-state index contributed by atoms with van der Waals surface area (Å²) in [6, 6.07) is 9.03. The molecule has 0 radical (unpaired) electrons. The average Bonchev–Trinajstić information content (AvgIpc) is 2.86. The molecule has 2 aliphatic rings. The molecular formula is C16H20N4. The van der Waals surface area contributed by atoms with Crippen LogP contribution in [0, 0.1) is 6.92 Å². The smallest absolute Gasteiger partial charge is 0.153 e. The Morgan fingerprint density at radius 2 is 2.10 bits per heavy atom. The van der Waals surface area contributed by atoms with Crippen LogP contribution in [0.25, 0.3) is 0 Å². The van der Waals surface area contributed by atoms with Crippen molar-refractivity contribution in [2.75, 3.05) is 23.7 Å². The molecule has 1 atom stereocenters. The highest BCUT2D eigenvalue weighted by Crippen LogP contribution is 2.37. The first-order chi connectivity index (χ1) is 9.84. The van der Waals surface area contributed by atoms with E-state index in [1.54, 1.807) is 0 Å². The number of hydrogen-bond donors (Lipinski definition) is 2. The first-order valence-electron chi connectivity index (χ1n) is 7.49. The molecule has 0 fully saturated rings. The molecule has 0 bridgehead atoms. The first kappa shape index (κ1) is 11.8. The van der Waals surface area contributed by atoms with Gasteiger partial charge in [0, 0.05) is 18.7 Å². The van der Waals surface area contributed by atoms with Gasteiger partial charge in [0.25, 0.3) is 0 Å². The average molecular weight is 268 g/mol. The molecule has 20 heavy (non-hydrogen) atoms. The van der Waals surface area contributed by atoms with Gasteiger partial charge < -0.3 is 10.6 Å². The molecule has 1 aromatic heterocycles. The first-order valence-corrected chi connectivity index (χ1v) is 7.49. The number of fused-ring (bicyclic) bond motifs is 3. The van der Waals surface area contributed by atoms with Crippen LogP contribution in [0.2, 0.25) is 0 Å². The second-order valence-corrected chi connectivity index (χ2v) is 5.74. The van der Waals surface area contributed by atoms with Gasteiger partial charge in [-0.1, -0.05) is 24.3 Å². The van der Waals surface area contributed by atoms with Crippen LogP contribution in [0.1, 0.15) is 35.6 Å². The quantitative estimate of drug-likeness (QED) is 0.835. The van der Waals surface area contributed by atoms with Gasteiger partial charge >= 0.3 is 0 Å². The normalized spacial score (nSPS) is 20.6. The minimum absolute atomic E-state index is 0.361. The van der Waals surface area contributed by atoms with Crippen molar-refractivity contribution in [1.82, 2.24) is 9.78 Å². The van der Waals surface area contributed by atoms with E-state index in [1.165, 1.54) is 28.9 Å². The number of aryl methyl sites for hydroxylation is 1. The number of nitrogens with one attached hydrogen (secondary N) is 2. The lowest BCUT2D eigenvalue weighted by Crippen LogP contribution is -2.25. The van der Waals surface area contributed by atoms with Crippen LogP contribution in [0.15, 0.2) is 24.3 Å². The van der Waals surface area contributed by atoms with Crippen molar-refractivity contribution in [1.29, 1.82) is 0 Å². The molecule has 2 aliphatic heterocycles. The molecule has 0 aliphatic carbocycles. The maximum atomic E-state index is 4.83. The van der Waals surface area contributed by atoms with Gasteiger partial charge in [-0.2, -0.15) is 5.10 Å². The van der Waals surface area contributed by atoms with Crippen molar-refractivity contribution in [2.45, 2.75) is 32.2 Å². The number of benzene rings is 1. The van der Waals surface area contributed by atoms with Gasteiger partial charge in [0.05, 0.1) is 6.04 Å². The Bertz CT molecular complexity index is 644. The lowest BCUT2D eigenvalue weighted by atomic mass is 9.97. The zero-order valence-electron chi connectivity index (χ0n) is 11.8. The summed E-state index contributed by atoms with van der Waals surface area (Å²) in [5.41, 5.74) is 4.12. The van der Waals surface area contributed by atoms with E-state index in [-0.39, 0.29) is 0 Å². The lowest BCUT2D eigenvalue weighted by Gasteiger charge is -2.27. The van der Waals surface area contributed by atoms with E-state index in [9.17, 15) is 0 Å². The van der Waals surface area contributed by atoms with E-state index < -0.39 is 0 Å².